The Balaban J connectivity index is 2.09. The minimum Gasteiger partial charge on any atom is -0.380 e. The number of amides is 1. The normalized spacial score (nSPS) is 27.2. The summed E-state index contributed by atoms with van der Waals surface area (Å²) in [6.07, 6.45) is 0.559. The molecule has 1 saturated heterocycles. The number of benzene rings is 2. The lowest BCUT2D eigenvalue weighted by Gasteiger charge is -2.49. The molecule has 28 heavy (non-hydrogen) atoms. The van der Waals surface area contributed by atoms with Crippen LogP contribution < -0.4 is 0 Å². The van der Waals surface area contributed by atoms with Gasteiger partial charge in [-0.3, -0.25) is 4.79 Å². The second kappa shape index (κ2) is 7.05. The highest BCUT2D eigenvalue weighted by atomic mass is 35.5. The van der Waals surface area contributed by atoms with Crippen molar-refractivity contribution in [2.75, 3.05) is 19.8 Å². The molecule has 0 aliphatic carbocycles. The molecule has 0 aromatic heterocycles. The Labute approximate surface area is 182 Å². The van der Waals surface area contributed by atoms with Crippen LogP contribution in [0.3, 0.4) is 0 Å². The van der Waals surface area contributed by atoms with Crippen LogP contribution in [0.5, 0.6) is 0 Å². The third-order valence-electron chi connectivity index (χ3n) is 5.71. The lowest BCUT2D eigenvalue weighted by atomic mass is 9.70. The SMILES string of the molecule is CC1(c2ccccc2)COCCCN2C(=O)c3c(Cl)c(Cl)c(Cl)c(Cl)c3C21O. The van der Waals surface area contributed by atoms with Crippen molar-refractivity contribution < 1.29 is 14.6 Å². The van der Waals surface area contributed by atoms with Gasteiger partial charge in [0.2, 0.25) is 0 Å². The first-order valence-corrected chi connectivity index (χ1v) is 10.3. The zero-order valence-electron chi connectivity index (χ0n) is 14.9. The molecule has 0 bridgehead atoms. The molecular weight excluding hydrogens is 444 g/mol. The summed E-state index contributed by atoms with van der Waals surface area (Å²) < 4.78 is 5.86. The van der Waals surface area contributed by atoms with E-state index in [0.717, 1.165) is 5.56 Å². The van der Waals surface area contributed by atoms with E-state index in [2.05, 4.69) is 0 Å². The maximum absolute atomic E-state index is 13.3. The van der Waals surface area contributed by atoms with Gasteiger partial charge in [-0.2, -0.15) is 0 Å². The Morgan fingerprint density at radius 3 is 2.36 bits per heavy atom. The Kier molecular flexibility index (Phi) is 5.10. The van der Waals surface area contributed by atoms with Gasteiger partial charge in [-0.25, -0.2) is 0 Å². The van der Waals surface area contributed by atoms with Gasteiger partial charge in [0, 0.05) is 18.7 Å². The molecule has 4 rings (SSSR count). The minimum absolute atomic E-state index is 0.00262. The summed E-state index contributed by atoms with van der Waals surface area (Å²) in [5.41, 5.74) is -1.78. The summed E-state index contributed by atoms with van der Waals surface area (Å²) in [4.78, 5) is 14.8. The third-order valence-corrected chi connectivity index (χ3v) is 7.51. The van der Waals surface area contributed by atoms with Crippen molar-refractivity contribution in [3.05, 3.63) is 67.1 Å². The molecule has 2 aliphatic heterocycles. The van der Waals surface area contributed by atoms with Crippen LogP contribution in [0.1, 0.15) is 34.8 Å². The monoisotopic (exact) mass is 459 g/mol. The zero-order valence-corrected chi connectivity index (χ0v) is 18.0. The third kappa shape index (κ3) is 2.56. The summed E-state index contributed by atoms with van der Waals surface area (Å²) in [6, 6.07) is 9.39. The molecule has 2 aromatic rings. The van der Waals surface area contributed by atoms with Gasteiger partial charge in [0.05, 0.1) is 37.7 Å². The summed E-state index contributed by atoms with van der Waals surface area (Å²) in [7, 11) is 0. The summed E-state index contributed by atoms with van der Waals surface area (Å²) in [5.74, 6) is -0.424. The molecule has 1 amide bonds. The smallest absolute Gasteiger partial charge is 0.258 e. The number of rotatable bonds is 1. The first-order chi connectivity index (χ1) is 13.2. The van der Waals surface area contributed by atoms with Crippen molar-refractivity contribution in [1.82, 2.24) is 4.90 Å². The Hall–Kier alpha value is -1.01. The molecule has 0 saturated carbocycles. The average Bonchev–Trinajstić information content (AvgIpc) is 2.92. The molecule has 2 aromatic carbocycles. The molecule has 0 spiro atoms. The van der Waals surface area contributed by atoms with E-state index < -0.39 is 17.0 Å². The van der Waals surface area contributed by atoms with Crippen molar-refractivity contribution in [3.63, 3.8) is 0 Å². The van der Waals surface area contributed by atoms with Gasteiger partial charge in [0.15, 0.2) is 5.72 Å². The maximum atomic E-state index is 13.3. The number of carbonyl (C=O) groups excluding carboxylic acids is 1. The Bertz CT molecular complexity index is 968. The number of hydrogen-bond donors (Lipinski definition) is 1. The molecule has 0 radical (unpaired) electrons. The molecule has 8 heteroatoms. The largest absolute Gasteiger partial charge is 0.380 e. The van der Waals surface area contributed by atoms with Crippen molar-refractivity contribution >= 4 is 52.3 Å². The van der Waals surface area contributed by atoms with Crippen molar-refractivity contribution in [1.29, 1.82) is 0 Å². The number of aliphatic hydroxyl groups is 1. The Morgan fingerprint density at radius 2 is 1.68 bits per heavy atom. The van der Waals surface area contributed by atoms with E-state index >= 15 is 0 Å². The topological polar surface area (TPSA) is 49.8 Å². The predicted molar refractivity (Wildman–Crippen MR) is 111 cm³/mol. The number of fused-ring (bicyclic) bond motifs is 3. The highest BCUT2D eigenvalue weighted by Crippen LogP contribution is 2.57. The van der Waals surface area contributed by atoms with Gasteiger partial charge >= 0.3 is 0 Å². The average molecular weight is 461 g/mol. The number of nitrogens with zero attached hydrogens (tertiary/aromatic N) is 1. The van der Waals surface area contributed by atoms with Gasteiger partial charge in [-0.05, 0) is 18.9 Å². The zero-order chi connectivity index (χ0) is 20.3. The van der Waals surface area contributed by atoms with Gasteiger partial charge in [-0.15, -0.1) is 0 Å². The van der Waals surface area contributed by atoms with Crippen LogP contribution in [-0.4, -0.2) is 35.7 Å². The summed E-state index contributed by atoms with van der Waals surface area (Å²) >= 11 is 25.4. The lowest BCUT2D eigenvalue weighted by molar-refractivity contribution is -0.169. The van der Waals surface area contributed by atoms with Crippen LogP contribution >= 0.6 is 46.4 Å². The number of hydrogen-bond acceptors (Lipinski definition) is 3. The molecule has 2 atom stereocenters. The van der Waals surface area contributed by atoms with E-state index in [1.807, 2.05) is 37.3 Å². The highest BCUT2D eigenvalue weighted by molar-refractivity contribution is 6.53. The number of carbonyl (C=O) groups is 1. The molecule has 2 unspecified atom stereocenters. The maximum Gasteiger partial charge on any atom is 0.258 e. The van der Waals surface area contributed by atoms with Crippen LogP contribution in [-0.2, 0) is 15.9 Å². The quantitative estimate of drug-likeness (QED) is 0.465. The summed E-state index contributed by atoms with van der Waals surface area (Å²) in [6.45, 7) is 2.75. The van der Waals surface area contributed by atoms with Crippen molar-refractivity contribution in [2.24, 2.45) is 0 Å². The van der Waals surface area contributed by atoms with E-state index in [1.165, 1.54) is 4.90 Å². The predicted octanol–water partition coefficient (Wildman–Crippen LogP) is 5.28. The molecule has 1 N–H and O–H groups in total. The van der Waals surface area contributed by atoms with E-state index in [1.54, 1.807) is 0 Å². The second-order valence-corrected chi connectivity index (χ2v) is 8.75. The number of ether oxygens (including phenoxy) is 1. The Morgan fingerprint density at radius 1 is 1.04 bits per heavy atom. The summed E-state index contributed by atoms with van der Waals surface area (Å²) in [5, 5.41) is 12.2. The van der Waals surface area contributed by atoms with Crippen molar-refractivity contribution in [2.45, 2.75) is 24.5 Å². The first kappa shape index (κ1) is 20.3. The second-order valence-electron chi connectivity index (χ2n) is 7.24. The van der Waals surface area contributed by atoms with Crippen LogP contribution in [0.2, 0.25) is 20.1 Å². The van der Waals surface area contributed by atoms with Gasteiger partial charge in [0.1, 0.15) is 0 Å². The van der Waals surface area contributed by atoms with Crippen LogP contribution in [0.15, 0.2) is 30.3 Å². The van der Waals surface area contributed by atoms with E-state index in [4.69, 9.17) is 51.1 Å². The molecule has 148 valence electrons. The van der Waals surface area contributed by atoms with Crippen molar-refractivity contribution in [3.8, 4) is 0 Å². The van der Waals surface area contributed by atoms with Gasteiger partial charge in [-0.1, -0.05) is 76.7 Å². The molecule has 2 aliphatic rings. The van der Waals surface area contributed by atoms with E-state index in [9.17, 15) is 9.90 Å². The van der Waals surface area contributed by atoms with E-state index in [0.29, 0.717) is 13.0 Å². The fourth-order valence-corrected chi connectivity index (χ4v) is 5.27. The van der Waals surface area contributed by atoms with Gasteiger partial charge < -0.3 is 14.7 Å². The van der Waals surface area contributed by atoms with Crippen LogP contribution in [0.4, 0.5) is 0 Å². The molecule has 4 nitrogen and oxygen atoms in total. The van der Waals surface area contributed by atoms with E-state index in [-0.39, 0.29) is 44.4 Å². The van der Waals surface area contributed by atoms with Crippen LogP contribution in [0.25, 0.3) is 0 Å². The lowest BCUT2D eigenvalue weighted by Crippen LogP contribution is -2.60. The first-order valence-electron chi connectivity index (χ1n) is 8.79. The molecule has 1 fully saturated rings. The molecule has 2 heterocycles. The van der Waals surface area contributed by atoms with Gasteiger partial charge in [0.25, 0.3) is 5.91 Å². The fourth-order valence-electron chi connectivity index (χ4n) is 4.21. The highest BCUT2D eigenvalue weighted by Gasteiger charge is 2.62. The molecular formula is C20H17Cl4NO3. The minimum atomic E-state index is -1.81. The standard InChI is InChI=1S/C20H17Cl4NO3/c1-19(11-6-3-2-4-7-11)10-28-9-5-8-25-18(26)12-13(20(19,25)27)15(22)17(24)16(23)14(12)21/h2-4,6-7,27H,5,8-10H2,1H3. The number of halogens is 4. The fraction of sp³-hybridized carbons (Fsp3) is 0.350. The van der Waals surface area contributed by atoms with Crippen LogP contribution in [0, 0.1) is 0 Å².